The summed E-state index contributed by atoms with van der Waals surface area (Å²) in [6.07, 6.45) is 1.85. The van der Waals surface area contributed by atoms with Crippen LogP contribution in [0.25, 0.3) is 0 Å². The third-order valence-electron chi connectivity index (χ3n) is 3.54. The highest BCUT2D eigenvalue weighted by molar-refractivity contribution is 7.15. The molecule has 0 fully saturated rings. The topological polar surface area (TPSA) is 36.4 Å². The van der Waals surface area contributed by atoms with Crippen molar-refractivity contribution in [3.63, 3.8) is 0 Å². The zero-order valence-electron chi connectivity index (χ0n) is 11.3. The fourth-order valence-corrected chi connectivity index (χ4v) is 3.67. The number of nitrogens with zero attached hydrogens (tertiary/aromatic N) is 2. The number of aryl methyl sites for hydroxylation is 2. The number of rotatable bonds is 2. The molecule has 100 valence electrons. The molecule has 19 heavy (non-hydrogen) atoms. The van der Waals surface area contributed by atoms with Crippen LogP contribution in [0.5, 0.6) is 0 Å². The van der Waals surface area contributed by atoms with Crippen molar-refractivity contribution < 1.29 is 5.11 Å². The third kappa shape index (κ3) is 2.26. The minimum atomic E-state index is -0.439. The van der Waals surface area contributed by atoms with Crippen LogP contribution in [0, 0.1) is 6.92 Å². The Kier molecular flexibility index (Phi) is 3.29. The molecule has 1 atom stereocenters. The van der Waals surface area contributed by atoms with E-state index in [1.807, 2.05) is 6.92 Å². The van der Waals surface area contributed by atoms with Gasteiger partial charge in [-0.1, -0.05) is 29.5 Å². The van der Waals surface area contributed by atoms with Crippen LogP contribution in [-0.4, -0.2) is 16.6 Å². The van der Waals surface area contributed by atoms with Gasteiger partial charge in [0.2, 0.25) is 0 Å². The normalized spacial score (nSPS) is 16.3. The molecule has 0 radical (unpaired) electrons. The molecule has 0 bridgehead atoms. The molecule has 1 unspecified atom stereocenters. The first-order chi connectivity index (χ1) is 9.16. The van der Waals surface area contributed by atoms with Gasteiger partial charge >= 0.3 is 0 Å². The van der Waals surface area contributed by atoms with Crippen LogP contribution < -0.4 is 4.90 Å². The van der Waals surface area contributed by atoms with Crippen molar-refractivity contribution in [1.29, 1.82) is 0 Å². The Morgan fingerprint density at radius 1 is 1.37 bits per heavy atom. The molecule has 1 aromatic heterocycles. The van der Waals surface area contributed by atoms with Gasteiger partial charge in [0.15, 0.2) is 5.13 Å². The van der Waals surface area contributed by atoms with Gasteiger partial charge in [-0.05, 0) is 38.3 Å². The number of hydrogen-bond acceptors (Lipinski definition) is 4. The Balaban J connectivity index is 2.02. The number of anilines is 2. The number of benzene rings is 1. The van der Waals surface area contributed by atoms with Crippen LogP contribution in [0.15, 0.2) is 24.3 Å². The van der Waals surface area contributed by atoms with E-state index in [2.05, 4.69) is 34.1 Å². The standard InChI is InChI=1S/C15H18N2OS/c1-10-14(11(2)18)19-15(16-10)17-9-5-7-12-6-3-4-8-13(12)17/h3-4,6,8,11,18H,5,7,9H2,1-2H3. The van der Waals surface area contributed by atoms with Crippen LogP contribution in [0.1, 0.15) is 35.6 Å². The molecule has 0 aliphatic carbocycles. The summed E-state index contributed by atoms with van der Waals surface area (Å²) in [6, 6.07) is 8.52. The summed E-state index contributed by atoms with van der Waals surface area (Å²) in [7, 11) is 0. The monoisotopic (exact) mass is 274 g/mol. The number of hydrogen-bond donors (Lipinski definition) is 1. The lowest BCUT2D eigenvalue weighted by molar-refractivity contribution is 0.202. The van der Waals surface area contributed by atoms with E-state index in [-0.39, 0.29) is 0 Å². The van der Waals surface area contributed by atoms with E-state index in [0.29, 0.717) is 0 Å². The van der Waals surface area contributed by atoms with Gasteiger partial charge in [0.25, 0.3) is 0 Å². The lowest BCUT2D eigenvalue weighted by Crippen LogP contribution is -2.24. The smallest absolute Gasteiger partial charge is 0.190 e. The molecule has 0 amide bonds. The summed E-state index contributed by atoms with van der Waals surface area (Å²) in [5.74, 6) is 0. The Labute approximate surface area is 117 Å². The van der Waals surface area contributed by atoms with Gasteiger partial charge in [-0.2, -0.15) is 0 Å². The number of aliphatic hydroxyl groups is 1. The molecule has 4 heteroatoms. The maximum Gasteiger partial charge on any atom is 0.190 e. The number of fused-ring (bicyclic) bond motifs is 1. The first-order valence-electron chi connectivity index (χ1n) is 6.67. The zero-order chi connectivity index (χ0) is 13.4. The van der Waals surface area contributed by atoms with E-state index in [1.54, 1.807) is 18.3 Å². The quantitative estimate of drug-likeness (QED) is 0.909. The van der Waals surface area contributed by atoms with Crippen molar-refractivity contribution in [3.05, 3.63) is 40.4 Å². The van der Waals surface area contributed by atoms with Gasteiger partial charge < -0.3 is 10.0 Å². The summed E-state index contributed by atoms with van der Waals surface area (Å²) in [6.45, 7) is 4.77. The summed E-state index contributed by atoms with van der Waals surface area (Å²) in [4.78, 5) is 7.89. The van der Waals surface area contributed by atoms with Crippen molar-refractivity contribution in [3.8, 4) is 0 Å². The number of aliphatic hydroxyl groups excluding tert-OH is 1. The molecule has 3 rings (SSSR count). The highest BCUT2D eigenvalue weighted by Gasteiger charge is 2.22. The summed E-state index contributed by atoms with van der Waals surface area (Å²) in [5.41, 5.74) is 3.60. The Bertz CT molecular complexity index is 592. The predicted octanol–water partition coefficient (Wildman–Crippen LogP) is 3.59. The van der Waals surface area contributed by atoms with Crippen LogP contribution in [-0.2, 0) is 6.42 Å². The summed E-state index contributed by atoms with van der Waals surface area (Å²) >= 11 is 1.60. The second-order valence-electron chi connectivity index (χ2n) is 5.01. The van der Waals surface area contributed by atoms with E-state index in [0.717, 1.165) is 35.1 Å². The molecular weight excluding hydrogens is 256 g/mol. The van der Waals surface area contributed by atoms with Gasteiger partial charge in [0.05, 0.1) is 16.7 Å². The Morgan fingerprint density at radius 3 is 2.89 bits per heavy atom. The minimum absolute atomic E-state index is 0.439. The summed E-state index contributed by atoms with van der Waals surface area (Å²) < 4.78 is 0. The molecule has 1 aromatic carbocycles. The number of para-hydroxylation sites is 1. The van der Waals surface area contributed by atoms with Crippen LogP contribution in [0.3, 0.4) is 0 Å². The Morgan fingerprint density at radius 2 is 2.16 bits per heavy atom. The molecule has 2 heterocycles. The van der Waals surface area contributed by atoms with Crippen molar-refractivity contribution in [2.45, 2.75) is 32.8 Å². The van der Waals surface area contributed by atoms with Gasteiger partial charge in [-0.3, -0.25) is 0 Å². The van der Waals surface area contributed by atoms with Crippen molar-refractivity contribution in [2.75, 3.05) is 11.4 Å². The molecule has 1 N–H and O–H groups in total. The molecule has 3 nitrogen and oxygen atoms in total. The predicted molar refractivity (Wildman–Crippen MR) is 79.3 cm³/mol. The fourth-order valence-electron chi connectivity index (χ4n) is 2.63. The average Bonchev–Trinajstić information content (AvgIpc) is 2.80. The lowest BCUT2D eigenvalue weighted by Gasteiger charge is -2.28. The van der Waals surface area contributed by atoms with E-state index >= 15 is 0 Å². The highest BCUT2D eigenvalue weighted by Crippen LogP contribution is 2.38. The van der Waals surface area contributed by atoms with Gasteiger partial charge in [0, 0.05) is 12.2 Å². The van der Waals surface area contributed by atoms with Crippen LogP contribution in [0.2, 0.25) is 0 Å². The largest absolute Gasteiger partial charge is 0.388 e. The van der Waals surface area contributed by atoms with Crippen molar-refractivity contribution in [1.82, 2.24) is 4.98 Å². The minimum Gasteiger partial charge on any atom is -0.388 e. The Hall–Kier alpha value is -1.39. The lowest BCUT2D eigenvalue weighted by atomic mass is 10.0. The molecule has 0 spiro atoms. The molecule has 1 aliphatic rings. The molecule has 1 aliphatic heterocycles. The number of thiazole rings is 1. The maximum absolute atomic E-state index is 9.76. The van der Waals surface area contributed by atoms with E-state index in [1.165, 1.54) is 11.3 Å². The molecular formula is C15H18N2OS. The van der Waals surface area contributed by atoms with Gasteiger partial charge in [-0.25, -0.2) is 4.98 Å². The van der Waals surface area contributed by atoms with E-state index in [9.17, 15) is 5.11 Å². The third-order valence-corrected chi connectivity index (χ3v) is 4.89. The average molecular weight is 274 g/mol. The van der Waals surface area contributed by atoms with Crippen molar-refractivity contribution in [2.24, 2.45) is 0 Å². The van der Waals surface area contributed by atoms with Crippen LogP contribution in [0.4, 0.5) is 10.8 Å². The highest BCUT2D eigenvalue weighted by atomic mass is 32.1. The van der Waals surface area contributed by atoms with E-state index < -0.39 is 6.10 Å². The zero-order valence-corrected chi connectivity index (χ0v) is 12.1. The first kappa shape index (κ1) is 12.6. The molecule has 2 aromatic rings. The number of aromatic nitrogens is 1. The van der Waals surface area contributed by atoms with Crippen LogP contribution >= 0.6 is 11.3 Å². The maximum atomic E-state index is 9.76. The van der Waals surface area contributed by atoms with E-state index in [4.69, 9.17) is 0 Å². The fraction of sp³-hybridized carbons (Fsp3) is 0.400. The van der Waals surface area contributed by atoms with Gasteiger partial charge in [-0.15, -0.1) is 0 Å². The second-order valence-corrected chi connectivity index (χ2v) is 6.02. The van der Waals surface area contributed by atoms with Gasteiger partial charge in [0.1, 0.15) is 0 Å². The first-order valence-corrected chi connectivity index (χ1v) is 7.49. The molecule has 0 saturated heterocycles. The SMILES string of the molecule is Cc1nc(N2CCCc3ccccc32)sc1C(C)O. The molecule has 0 saturated carbocycles. The second kappa shape index (κ2) is 4.94. The summed E-state index contributed by atoms with van der Waals surface area (Å²) in [5, 5.41) is 10.8. The van der Waals surface area contributed by atoms with Crippen molar-refractivity contribution >= 4 is 22.2 Å².